The lowest BCUT2D eigenvalue weighted by atomic mass is 9.47. The summed E-state index contributed by atoms with van der Waals surface area (Å²) in [7, 11) is 0. The van der Waals surface area contributed by atoms with E-state index in [2.05, 4.69) is 29.4 Å². The largest absolute Gasteiger partial charge is 0.365 e. The van der Waals surface area contributed by atoms with Crippen molar-refractivity contribution < 1.29 is 4.79 Å². The van der Waals surface area contributed by atoms with E-state index in [1.165, 1.54) is 30.4 Å². The van der Waals surface area contributed by atoms with E-state index in [1.54, 1.807) is 0 Å². The van der Waals surface area contributed by atoms with E-state index in [1.807, 2.05) is 12.3 Å². The molecular formula is C20H27N3O. The Balaban J connectivity index is 1.52. The first-order valence-electron chi connectivity index (χ1n) is 9.54. The molecule has 128 valence electrons. The second kappa shape index (κ2) is 4.74. The molecule has 4 nitrogen and oxygen atoms in total. The molecule has 0 spiro atoms. The standard InChI is InChI=1S/C20H27N3O/c1-19-7-5-14(24)10-13(19)3-4-15-16(19)6-8-20(2)17(15)9-12-11-21-23-18(12)22-20/h10-11,15-17H,3-9H2,1-2H3,(H2,21,22,23)/t15-,16+,17-,19-,20-/m1/s1. The molecule has 0 unspecified atom stereocenters. The molecule has 2 N–H and O–H groups in total. The molecule has 0 saturated heterocycles. The van der Waals surface area contributed by atoms with Gasteiger partial charge in [0.2, 0.25) is 0 Å². The van der Waals surface area contributed by atoms with Crippen molar-refractivity contribution in [3.05, 3.63) is 23.4 Å². The molecule has 5 atom stereocenters. The normalized spacial score (nSPS) is 43.7. The van der Waals surface area contributed by atoms with Crippen molar-refractivity contribution in [2.45, 2.75) is 64.3 Å². The van der Waals surface area contributed by atoms with E-state index in [4.69, 9.17) is 0 Å². The molecule has 2 heterocycles. The molecule has 1 aromatic heterocycles. The van der Waals surface area contributed by atoms with Crippen LogP contribution in [0.2, 0.25) is 0 Å². The highest BCUT2D eigenvalue weighted by atomic mass is 16.1. The number of fused-ring (bicyclic) bond motifs is 6. The van der Waals surface area contributed by atoms with E-state index in [0.717, 1.165) is 43.3 Å². The smallest absolute Gasteiger partial charge is 0.155 e. The van der Waals surface area contributed by atoms with Gasteiger partial charge >= 0.3 is 0 Å². The van der Waals surface area contributed by atoms with Crippen LogP contribution in [0, 0.1) is 23.2 Å². The lowest BCUT2D eigenvalue weighted by molar-refractivity contribution is -0.117. The van der Waals surface area contributed by atoms with Gasteiger partial charge < -0.3 is 5.32 Å². The minimum atomic E-state index is 0.183. The predicted octanol–water partition coefficient (Wildman–Crippen LogP) is 3.87. The van der Waals surface area contributed by atoms with Crippen LogP contribution in [0.5, 0.6) is 0 Å². The minimum absolute atomic E-state index is 0.183. The molecular weight excluding hydrogens is 298 g/mol. The van der Waals surface area contributed by atoms with Gasteiger partial charge in [0.15, 0.2) is 5.78 Å². The van der Waals surface area contributed by atoms with Crippen LogP contribution in [0.3, 0.4) is 0 Å². The predicted molar refractivity (Wildman–Crippen MR) is 93.7 cm³/mol. The highest BCUT2D eigenvalue weighted by Gasteiger charge is 2.56. The fourth-order valence-electron chi connectivity index (χ4n) is 6.51. The number of anilines is 1. The van der Waals surface area contributed by atoms with E-state index in [9.17, 15) is 4.79 Å². The van der Waals surface area contributed by atoms with Gasteiger partial charge in [-0.2, -0.15) is 5.10 Å². The Hall–Kier alpha value is -1.58. The van der Waals surface area contributed by atoms with Gasteiger partial charge in [-0.15, -0.1) is 0 Å². The summed E-state index contributed by atoms with van der Waals surface area (Å²) < 4.78 is 0. The maximum atomic E-state index is 11.9. The maximum Gasteiger partial charge on any atom is 0.155 e. The number of nitrogens with one attached hydrogen (secondary N) is 2. The average molecular weight is 325 g/mol. The van der Waals surface area contributed by atoms with Crippen LogP contribution >= 0.6 is 0 Å². The fraction of sp³-hybridized carbons (Fsp3) is 0.700. The highest BCUT2D eigenvalue weighted by Crippen LogP contribution is 2.61. The summed E-state index contributed by atoms with van der Waals surface area (Å²) in [5.41, 5.74) is 3.25. The Morgan fingerprint density at radius 2 is 2.04 bits per heavy atom. The second-order valence-electron chi connectivity index (χ2n) is 9.02. The molecule has 24 heavy (non-hydrogen) atoms. The third-order valence-electron chi connectivity index (χ3n) is 7.92. The molecule has 1 aromatic rings. The number of carbonyl (C=O) groups is 1. The number of hydrogen-bond donors (Lipinski definition) is 2. The first kappa shape index (κ1) is 14.7. The number of nitrogens with zero attached hydrogens (tertiary/aromatic N) is 1. The van der Waals surface area contributed by atoms with Gasteiger partial charge in [0, 0.05) is 17.5 Å². The number of ketones is 1. The van der Waals surface area contributed by atoms with Gasteiger partial charge in [0.05, 0.1) is 6.20 Å². The van der Waals surface area contributed by atoms with Gasteiger partial charge in [-0.05, 0) is 74.7 Å². The van der Waals surface area contributed by atoms with E-state index in [-0.39, 0.29) is 11.0 Å². The number of aromatic amines is 1. The van der Waals surface area contributed by atoms with Crippen molar-refractivity contribution >= 4 is 11.6 Å². The Bertz CT molecular complexity index is 735. The number of H-pyrrole nitrogens is 1. The van der Waals surface area contributed by atoms with E-state index < -0.39 is 0 Å². The van der Waals surface area contributed by atoms with Crippen molar-refractivity contribution in [1.82, 2.24) is 10.2 Å². The molecule has 0 aromatic carbocycles. The van der Waals surface area contributed by atoms with Gasteiger partial charge in [0.1, 0.15) is 5.82 Å². The summed E-state index contributed by atoms with van der Waals surface area (Å²) in [5.74, 6) is 3.66. The van der Waals surface area contributed by atoms with Gasteiger partial charge in [-0.1, -0.05) is 12.5 Å². The number of rotatable bonds is 0. The number of allylic oxidation sites excluding steroid dienone is 2. The van der Waals surface area contributed by atoms with Crippen LogP contribution in [-0.4, -0.2) is 21.5 Å². The summed E-state index contributed by atoms with van der Waals surface area (Å²) in [4.78, 5) is 11.9. The molecule has 0 bridgehead atoms. The Morgan fingerprint density at radius 3 is 2.92 bits per heavy atom. The zero-order chi connectivity index (χ0) is 16.5. The molecule has 0 amide bonds. The van der Waals surface area contributed by atoms with E-state index >= 15 is 0 Å². The van der Waals surface area contributed by atoms with Crippen LogP contribution in [0.15, 0.2) is 17.8 Å². The van der Waals surface area contributed by atoms with Gasteiger partial charge in [0.25, 0.3) is 0 Å². The molecule has 1 aliphatic heterocycles. The first-order chi connectivity index (χ1) is 11.5. The SMILES string of the molecule is C[C@@]12CC[C@H]3[C@@H](CCC4=CC(=O)CC[C@]43C)[C@H]1Cc1cn[nH]c1N2. The lowest BCUT2D eigenvalue weighted by Gasteiger charge is -2.60. The zero-order valence-electron chi connectivity index (χ0n) is 14.7. The summed E-state index contributed by atoms with van der Waals surface area (Å²) in [6.07, 6.45) is 11.8. The monoisotopic (exact) mass is 325 g/mol. The van der Waals surface area contributed by atoms with E-state index in [0.29, 0.717) is 11.7 Å². The van der Waals surface area contributed by atoms with Crippen LogP contribution in [0.25, 0.3) is 0 Å². The summed E-state index contributed by atoms with van der Waals surface area (Å²) >= 11 is 0. The molecule has 2 fully saturated rings. The third kappa shape index (κ3) is 1.86. The van der Waals surface area contributed by atoms with Crippen LogP contribution in [0.4, 0.5) is 5.82 Å². The lowest BCUT2D eigenvalue weighted by Crippen LogP contribution is -2.58. The first-order valence-corrected chi connectivity index (χ1v) is 9.54. The topological polar surface area (TPSA) is 57.8 Å². The average Bonchev–Trinajstić information content (AvgIpc) is 2.99. The molecule has 4 aliphatic rings. The Morgan fingerprint density at radius 1 is 1.17 bits per heavy atom. The maximum absolute atomic E-state index is 11.9. The van der Waals surface area contributed by atoms with Crippen molar-refractivity contribution in [3.8, 4) is 0 Å². The van der Waals surface area contributed by atoms with Crippen molar-refractivity contribution in [3.63, 3.8) is 0 Å². The van der Waals surface area contributed by atoms with Crippen molar-refractivity contribution in [2.24, 2.45) is 23.2 Å². The highest BCUT2D eigenvalue weighted by molar-refractivity contribution is 5.91. The van der Waals surface area contributed by atoms with Crippen LogP contribution in [-0.2, 0) is 11.2 Å². The summed E-state index contributed by atoms with van der Waals surface area (Å²) in [6, 6.07) is 0. The molecule has 5 rings (SSSR count). The molecule has 0 radical (unpaired) electrons. The Kier molecular flexibility index (Phi) is 2.91. The quantitative estimate of drug-likeness (QED) is 0.761. The van der Waals surface area contributed by atoms with Crippen molar-refractivity contribution in [1.29, 1.82) is 0 Å². The molecule has 4 heteroatoms. The Labute approximate surface area is 143 Å². The minimum Gasteiger partial charge on any atom is -0.365 e. The fourth-order valence-corrected chi connectivity index (χ4v) is 6.51. The number of aromatic nitrogens is 2. The number of hydrogen-bond acceptors (Lipinski definition) is 3. The molecule has 3 aliphatic carbocycles. The zero-order valence-corrected chi connectivity index (χ0v) is 14.7. The number of carbonyl (C=O) groups excluding carboxylic acids is 1. The van der Waals surface area contributed by atoms with Gasteiger partial charge in [-0.3, -0.25) is 9.89 Å². The third-order valence-corrected chi connectivity index (χ3v) is 7.92. The summed E-state index contributed by atoms with van der Waals surface area (Å²) in [6.45, 7) is 4.86. The molecule has 2 saturated carbocycles. The summed E-state index contributed by atoms with van der Waals surface area (Å²) in [5, 5.41) is 11.2. The van der Waals surface area contributed by atoms with Crippen molar-refractivity contribution in [2.75, 3.05) is 5.32 Å². The van der Waals surface area contributed by atoms with Crippen LogP contribution in [0.1, 0.15) is 57.9 Å². The van der Waals surface area contributed by atoms with Gasteiger partial charge in [-0.25, -0.2) is 0 Å². The second-order valence-corrected chi connectivity index (χ2v) is 9.02. The van der Waals surface area contributed by atoms with Crippen LogP contribution < -0.4 is 5.32 Å².